The average molecular weight is 159 g/mol. The third-order valence-electron chi connectivity index (χ3n) is 3.43. The number of hydrogen-bond acceptors (Lipinski definition) is 0. The van der Waals surface area contributed by atoms with Crippen molar-refractivity contribution in [1.82, 2.24) is 0 Å². The van der Waals surface area contributed by atoms with Gasteiger partial charge in [0.2, 0.25) is 0 Å². The molecule has 0 saturated heterocycles. The maximum Gasteiger partial charge on any atom is 0.0254 e. The van der Waals surface area contributed by atoms with Crippen molar-refractivity contribution in [3.63, 3.8) is 0 Å². The minimum Gasteiger partial charge on any atom is -0.126 e. The largest absolute Gasteiger partial charge is 0.126 e. The van der Waals surface area contributed by atoms with Gasteiger partial charge in [0.1, 0.15) is 0 Å². The van der Waals surface area contributed by atoms with Crippen LogP contribution >= 0.6 is 11.6 Å². The smallest absolute Gasteiger partial charge is 0.0254 e. The molecule has 0 heterocycles. The molecule has 0 N–H and O–H groups in total. The van der Waals surface area contributed by atoms with E-state index < -0.39 is 0 Å². The Morgan fingerprint density at radius 3 is 2.80 bits per heavy atom. The molecule has 2 aliphatic rings. The molecule has 58 valence electrons. The molecular weight excluding hydrogens is 144 g/mol. The minimum absolute atomic E-state index is 0.883. The summed E-state index contributed by atoms with van der Waals surface area (Å²) in [5, 5.41) is 0. The summed E-state index contributed by atoms with van der Waals surface area (Å²) in [6.45, 7) is 0. The fraction of sp³-hybridized carbons (Fsp3) is 1.00. The fourth-order valence-electron chi connectivity index (χ4n) is 2.88. The summed E-state index contributed by atoms with van der Waals surface area (Å²) in [6.07, 6.45) is 7.34. The van der Waals surface area contributed by atoms with Crippen LogP contribution in [0.15, 0.2) is 0 Å². The zero-order valence-electron chi connectivity index (χ0n) is 6.35. The first-order valence-corrected chi connectivity index (χ1v) is 5.01. The van der Waals surface area contributed by atoms with Crippen LogP contribution < -0.4 is 0 Å². The normalized spacial score (nSPS) is 45.9. The molecule has 0 aromatic heterocycles. The first-order valence-electron chi connectivity index (χ1n) is 4.48. The zero-order chi connectivity index (χ0) is 6.97. The van der Waals surface area contributed by atoms with Gasteiger partial charge in [0.15, 0.2) is 0 Å². The monoisotopic (exact) mass is 158 g/mol. The number of rotatable bonds is 1. The molecule has 3 unspecified atom stereocenters. The predicted octanol–water partition coefficient (Wildman–Crippen LogP) is 3.05. The van der Waals surface area contributed by atoms with E-state index in [-0.39, 0.29) is 0 Å². The van der Waals surface area contributed by atoms with E-state index in [2.05, 4.69) is 0 Å². The van der Waals surface area contributed by atoms with Crippen LogP contribution in [0.4, 0.5) is 0 Å². The van der Waals surface area contributed by atoms with Gasteiger partial charge in [-0.2, -0.15) is 0 Å². The van der Waals surface area contributed by atoms with E-state index in [0.29, 0.717) is 0 Å². The molecule has 2 rings (SSSR count). The van der Waals surface area contributed by atoms with E-state index in [0.717, 1.165) is 23.6 Å². The van der Waals surface area contributed by atoms with Gasteiger partial charge in [0, 0.05) is 5.88 Å². The lowest BCUT2D eigenvalue weighted by Gasteiger charge is -2.14. The summed E-state index contributed by atoms with van der Waals surface area (Å²) in [7, 11) is 0. The highest BCUT2D eigenvalue weighted by Crippen LogP contribution is 2.47. The molecule has 3 atom stereocenters. The summed E-state index contributed by atoms with van der Waals surface area (Å²) in [5.74, 6) is 3.90. The van der Waals surface area contributed by atoms with Gasteiger partial charge in [-0.1, -0.05) is 12.8 Å². The van der Waals surface area contributed by atoms with Crippen LogP contribution in [0.25, 0.3) is 0 Å². The summed E-state index contributed by atoms with van der Waals surface area (Å²) in [4.78, 5) is 0. The van der Waals surface area contributed by atoms with Crippen LogP contribution in [0.3, 0.4) is 0 Å². The van der Waals surface area contributed by atoms with Gasteiger partial charge < -0.3 is 0 Å². The molecule has 0 bridgehead atoms. The van der Waals surface area contributed by atoms with E-state index in [1.807, 2.05) is 0 Å². The fourth-order valence-corrected chi connectivity index (χ4v) is 3.26. The Labute approximate surface area is 68.0 Å². The number of halogens is 1. The van der Waals surface area contributed by atoms with Crippen molar-refractivity contribution in [2.75, 3.05) is 5.88 Å². The Morgan fingerprint density at radius 1 is 1.10 bits per heavy atom. The van der Waals surface area contributed by atoms with Gasteiger partial charge >= 0.3 is 0 Å². The molecule has 2 saturated carbocycles. The zero-order valence-corrected chi connectivity index (χ0v) is 7.11. The van der Waals surface area contributed by atoms with Crippen LogP contribution in [0.2, 0.25) is 0 Å². The second-order valence-electron chi connectivity index (χ2n) is 3.85. The van der Waals surface area contributed by atoms with Crippen molar-refractivity contribution in [2.24, 2.45) is 17.8 Å². The highest BCUT2D eigenvalue weighted by molar-refractivity contribution is 6.18. The minimum atomic E-state index is 0.883. The SMILES string of the molecule is ClCC1CCC2CCCC12. The summed E-state index contributed by atoms with van der Waals surface area (Å²) in [5.41, 5.74) is 0. The Hall–Kier alpha value is 0.290. The highest BCUT2D eigenvalue weighted by Gasteiger charge is 2.38. The van der Waals surface area contributed by atoms with Gasteiger partial charge in [0.05, 0.1) is 0 Å². The van der Waals surface area contributed by atoms with Gasteiger partial charge in [0.25, 0.3) is 0 Å². The highest BCUT2D eigenvalue weighted by atomic mass is 35.5. The van der Waals surface area contributed by atoms with Crippen LogP contribution in [-0.4, -0.2) is 5.88 Å². The maximum atomic E-state index is 5.87. The van der Waals surface area contributed by atoms with Crippen LogP contribution in [-0.2, 0) is 0 Å². The van der Waals surface area contributed by atoms with E-state index >= 15 is 0 Å². The lowest BCUT2D eigenvalue weighted by atomic mass is 9.94. The molecule has 0 aromatic carbocycles. The first-order chi connectivity index (χ1) is 4.92. The Morgan fingerprint density at radius 2 is 2.00 bits per heavy atom. The molecule has 0 amide bonds. The van der Waals surface area contributed by atoms with Crippen LogP contribution in [0.1, 0.15) is 32.1 Å². The van der Waals surface area contributed by atoms with Crippen LogP contribution in [0.5, 0.6) is 0 Å². The van der Waals surface area contributed by atoms with Crippen molar-refractivity contribution in [2.45, 2.75) is 32.1 Å². The molecule has 2 aliphatic carbocycles. The van der Waals surface area contributed by atoms with Crippen molar-refractivity contribution in [3.8, 4) is 0 Å². The summed E-state index contributed by atoms with van der Waals surface area (Å²) < 4.78 is 0. The molecular formula is C9H15Cl. The molecule has 0 aromatic rings. The van der Waals surface area contributed by atoms with Gasteiger partial charge in [-0.15, -0.1) is 11.6 Å². The second kappa shape index (κ2) is 2.73. The van der Waals surface area contributed by atoms with Gasteiger partial charge in [-0.05, 0) is 37.0 Å². The topological polar surface area (TPSA) is 0 Å². The quantitative estimate of drug-likeness (QED) is 0.515. The second-order valence-corrected chi connectivity index (χ2v) is 4.16. The third kappa shape index (κ3) is 0.972. The van der Waals surface area contributed by atoms with Crippen molar-refractivity contribution >= 4 is 11.6 Å². The molecule has 0 nitrogen and oxygen atoms in total. The lowest BCUT2D eigenvalue weighted by Crippen LogP contribution is -2.09. The van der Waals surface area contributed by atoms with Crippen molar-refractivity contribution < 1.29 is 0 Å². The van der Waals surface area contributed by atoms with E-state index in [1.54, 1.807) is 0 Å². The van der Waals surface area contributed by atoms with Gasteiger partial charge in [-0.3, -0.25) is 0 Å². The van der Waals surface area contributed by atoms with Crippen LogP contribution in [0, 0.1) is 17.8 Å². The molecule has 0 spiro atoms. The molecule has 0 aliphatic heterocycles. The van der Waals surface area contributed by atoms with Crippen molar-refractivity contribution in [1.29, 1.82) is 0 Å². The van der Waals surface area contributed by atoms with E-state index in [4.69, 9.17) is 11.6 Å². The Kier molecular flexibility index (Phi) is 1.90. The lowest BCUT2D eigenvalue weighted by molar-refractivity contribution is 0.380. The maximum absolute atomic E-state index is 5.87. The van der Waals surface area contributed by atoms with Crippen molar-refractivity contribution in [3.05, 3.63) is 0 Å². The number of hydrogen-bond donors (Lipinski definition) is 0. The third-order valence-corrected chi connectivity index (χ3v) is 3.83. The van der Waals surface area contributed by atoms with E-state index in [1.165, 1.54) is 32.1 Å². The first kappa shape index (κ1) is 6.97. The molecule has 0 radical (unpaired) electrons. The number of fused-ring (bicyclic) bond motifs is 1. The average Bonchev–Trinajstić information content (AvgIpc) is 2.44. The molecule has 1 heteroatoms. The molecule has 10 heavy (non-hydrogen) atoms. The Bertz CT molecular complexity index is 122. The van der Waals surface area contributed by atoms with Gasteiger partial charge in [-0.25, -0.2) is 0 Å². The Balaban J connectivity index is 2.01. The summed E-state index contributed by atoms with van der Waals surface area (Å²) in [6, 6.07) is 0. The standard InChI is InChI=1S/C9H15Cl/c10-6-8-5-4-7-2-1-3-9(7)8/h7-9H,1-6H2. The molecule has 2 fully saturated rings. The van der Waals surface area contributed by atoms with E-state index in [9.17, 15) is 0 Å². The summed E-state index contributed by atoms with van der Waals surface area (Å²) >= 11 is 5.87. The predicted molar refractivity (Wildman–Crippen MR) is 44.3 cm³/mol. The number of alkyl halides is 1.